The van der Waals surface area contributed by atoms with E-state index in [0.29, 0.717) is 16.6 Å². The van der Waals surface area contributed by atoms with Crippen LogP contribution in [0.5, 0.6) is 0 Å². The summed E-state index contributed by atoms with van der Waals surface area (Å²) in [5.74, 6) is -1.69. The number of carboxylic acid groups (broad SMARTS) is 1. The van der Waals surface area contributed by atoms with Crippen molar-refractivity contribution in [2.75, 3.05) is 18.0 Å². The fourth-order valence-electron chi connectivity index (χ4n) is 5.43. The third kappa shape index (κ3) is 3.22. The molecule has 0 bridgehead atoms. The van der Waals surface area contributed by atoms with Crippen molar-refractivity contribution in [1.82, 2.24) is 4.57 Å². The lowest BCUT2D eigenvalue weighted by molar-refractivity contribution is 0.0695. The van der Waals surface area contributed by atoms with Crippen LogP contribution in [0.25, 0.3) is 10.9 Å². The maximum atomic E-state index is 15.1. The summed E-state index contributed by atoms with van der Waals surface area (Å²) in [6.07, 6.45) is 12.1. The number of benzene rings is 1. The molecule has 1 saturated heterocycles. The molecule has 0 unspecified atom stereocenters. The molecule has 2 aliphatic carbocycles. The number of pyridine rings is 1. The number of aromatic carboxylic acids is 1. The lowest BCUT2D eigenvalue weighted by atomic mass is 9.68. The standard InChI is InChI=1S/C23H27FN2O3/c24-18-12-16-19(26(15-4-5-15)14-17(21(16)27)22(28)29)13-20(18)25-10-8-23(9-11-25)6-2-1-3-7-23/h12-15H,1-11H2,(H,28,29). The van der Waals surface area contributed by atoms with Crippen molar-refractivity contribution in [2.24, 2.45) is 5.41 Å². The quantitative estimate of drug-likeness (QED) is 0.812. The van der Waals surface area contributed by atoms with E-state index < -0.39 is 17.2 Å². The SMILES string of the molecule is O=C(O)c1cn(C2CC2)c2cc(N3CCC4(CCCCC4)CC3)c(F)cc2c1=O. The second-order valence-electron chi connectivity index (χ2n) is 9.18. The van der Waals surface area contributed by atoms with Gasteiger partial charge in [0.2, 0.25) is 5.43 Å². The molecular weight excluding hydrogens is 371 g/mol. The zero-order valence-electron chi connectivity index (χ0n) is 16.6. The topological polar surface area (TPSA) is 62.5 Å². The molecule has 1 aromatic heterocycles. The minimum Gasteiger partial charge on any atom is -0.477 e. The Kier molecular flexibility index (Phi) is 4.41. The second-order valence-corrected chi connectivity index (χ2v) is 9.18. The lowest BCUT2D eigenvalue weighted by Crippen LogP contribution is -2.41. The number of piperidine rings is 1. The summed E-state index contributed by atoms with van der Waals surface area (Å²) in [5, 5.41) is 9.55. The van der Waals surface area contributed by atoms with Gasteiger partial charge in [0.25, 0.3) is 0 Å². The third-order valence-electron chi connectivity index (χ3n) is 7.35. The molecule has 5 rings (SSSR count). The van der Waals surface area contributed by atoms with Crippen LogP contribution >= 0.6 is 0 Å². The van der Waals surface area contributed by atoms with Gasteiger partial charge >= 0.3 is 5.97 Å². The van der Waals surface area contributed by atoms with E-state index in [1.807, 2.05) is 4.57 Å². The van der Waals surface area contributed by atoms with Gasteiger partial charge in [0.15, 0.2) is 0 Å². The normalized spacial score (nSPS) is 21.6. The Hall–Kier alpha value is -2.37. The summed E-state index contributed by atoms with van der Waals surface area (Å²) in [6, 6.07) is 3.22. The Morgan fingerprint density at radius 2 is 1.76 bits per heavy atom. The van der Waals surface area contributed by atoms with E-state index in [9.17, 15) is 14.7 Å². The number of rotatable bonds is 3. The summed E-state index contributed by atoms with van der Waals surface area (Å²) in [4.78, 5) is 26.2. The predicted octanol–water partition coefficient (Wildman–Crippen LogP) is 4.72. The van der Waals surface area contributed by atoms with Crippen LogP contribution in [0.15, 0.2) is 23.1 Å². The average Bonchev–Trinajstić information content (AvgIpc) is 3.55. The van der Waals surface area contributed by atoms with Gasteiger partial charge in [0, 0.05) is 30.7 Å². The lowest BCUT2D eigenvalue weighted by Gasteiger charge is -2.45. The van der Waals surface area contributed by atoms with E-state index in [2.05, 4.69) is 4.90 Å². The summed E-state index contributed by atoms with van der Waals surface area (Å²) >= 11 is 0. The monoisotopic (exact) mass is 398 g/mol. The number of carbonyl (C=O) groups is 1. The van der Waals surface area contributed by atoms with E-state index in [-0.39, 0.29) is 17.0 Å². The van der Waals surface area contributed by atoms with Crippen LogP contribution in [-0.4, -0.2) is 28.7 Å². The van der Waals surface area contributed by atoms with Gasteiger partial charge in [0.1, 0.15) is 11.4 Å². The zero-order chi connectivity index (χ0) is 20.2. The molecule has 6 heteroatoms. The van der Waals surface area contributed by atoms with Crippen LogP contribution in [0.1, 0.15) is 74.2 Å². The van der Waals surface area contributed by atoms with Crippen molar-refractivity contribution in [1.29, 1.82) is 0 Å². The highest BCUT2D eigenvalue weighted by Gasteiger charge is 2.36. The first kappa shape index (κ1) is 18.6. The van der Waals surface area contributed by atoms with Crippen molar-refractivity contribution >= 4 is 22.6 Å². The van der Waals surface area contributed by atoms with Crippen LogP contribution in [0.4, 0.5) is 10.1 Å². The number of aromatic nitrogens is 1. The molecule has 3 fully saturated rings. The summed E-state index contributed by atoms with van der Waals surface area (Å²) in [7, 11) is 0. The number of anilines is 1. The van der Waals surface area contributed by atoms with Crippen molar-refractivity contribution in [2.45, 2.75) is 63.8 Å². The molecule has 154 valence electrons. The fourth-order valence-corrected chi connectivity index (χ4v) is 5.43. The van der Waals surface area contributed by atoms with Gasteiger partial charge in [-0.3, -0.25) is 4.79 Å². The maximum absolute atomic E-state index is 15.1. The molecule has 1 aliphatic heterocycles. The summed E-state index contributed by atoms with van der Waals surface area (Å²) < 4.78 is 16.9. The minimum atomic E-state index is -1.26. The largest absolute Gasteiger partial charge is 0.477 e. The van der Waals surface area contributed by atoms with E-state index in [0.717, 1.165) is 38.8 Å². The smallest absolute Gasteiger partial charge is 0.341 e. The van der Waals surface area contributed by atoms with Crippen LogP contribution in [0, 0.1) is 11.2 Å². The fraction of sp³-hybridized carbons (Fsp3) is 0.565. The number of fused-ring (bicyclic) bond motifs is 1. The molecule has 0 amide bonds. The van der Waals surface area contributed by atoms with Crippen molar-refractivity contribution in [3.63, 3.8) is 0 Å². The number of nitrogens with zero attached hydrogens (tertiary/aromatic N) is 2. The Morgan fingerprint density at radius 3 is 2.38 bits per heavy atom. The molecule has 2 heterocycles. The molecular formula is C23H27FN2O3. The van der Waals surface area contributed by atoms with E-state index in [1.54, 1.807) is 6.07 Å². The van der Waals surface area contributed by atoms with E-state index in [1.165, 1.54) is 44.4 Å². The zero-order valence-corrected chi connectivity index (χ0v) is 16.6. The number of halogens is 1. The number of hydrogen-bond acceptors (Lipinski definition) is 3. The predicted molar refractivity (Wildman–Crippen MR) is 110 cm³/mol. The number of hydrogen-bond donors (Lipinski definition) is 1. The second kappa shape index (κ2) is 6.85. The van der Waals surface area contributed by atoms with Gasteiger partial charge in [-0.2, -0.15) is 0 Å². The molecule has 2 aromatic rings. The molecule has 0 atom stereocenters. The van der Waals surface area contributed by atoms with Crippen molar-refractivity contribution < 1.29 is 14.3 Å². The first-order chi connectivity index (χ1) is 14.0. The maximum Gasteiger partial charge on any atom is 0.341 e. The van der Waals surface area contributed by atoms with Gasteiger partial charge < -0.3 is 14.6 Å². The molecule has 29 heavy (non-hydrogen) atoms. The van der Waals surface area contributed by atoms with Crippen LogP contribution in [0.3, 0.4) is 0 Å². The van der Waals surface area contributed by atoms with Gasteiger partial charge in [0.05, 0.1) is 11.2 Å². The third-order valence-corrected chi connectivity index (χ3v) is 7.35. The van der Waals surface area contributed by atoms with Gasteiger partial charge in [-0.05, 0) is 56.1 Å². The Labute approximate surface area is 169 Å². The van der Waals surface area contributed by atoms with Crippen LogP contribution in [-0.2, 0) is 0 Å². The van der Waals surface area contributed by atoms with Crippen molar-refractivity contribution in [3.05, 3.63) is 39.9 Å². The Morgan fingerprint density at radius 1 is 1.07 bits per heavy atom. The van der Waals surface area contributed by atoms with Crippen LogP contribution < -0.4 is 10.3 Å². The first-order valence-corrected chi connectivity index (χ1v) is 10.8. The molecule has 1 spiro atoms. The van der Waals surface area contributed by atoms with Crippen molar-refractivity contribution in [3.8, 4) is 0 Å². The molecule has 1 aromatic carbocycles. The minimum absolute atomic E-state index is 0.166. The molecule has 3 aliphatic rings. The molecule has 5 nitrogen and oxygen atoms in total. The molecule has 2 saturated carbocycles. The Balaban J connectivity index is 1.53. The highest BCUT2D eigenvalue weighted by Crippen LogP contribution is 2.45. The summed E-state index contributed by atoms with van der Waals surface area (Å²) in [5.41, 5.74) is 0.745. The Bertz CT molecular complexity index is 1020. The average molecular weight is 398 g/mol. The van der Waals surface area contributed by atoms with Gasteiger partial charge in [-0.15, -0.1) is 0 Å². The highest BCUT2D eigenvalue weighted by molar-refractivity contribution is 5.93. The van der Waals surface area contributed by atoms with E-state index in [4.69, 9.17) is 0 Å². The van der Waals surface area contributed by atoms with Gasteiger partial charge in [-0.25, -0.2) is 9.18 Å². The highest BCUT2D eigenvalue weighted by atomic mass is 19.1. The van der Waals surface area contributed by atoms with E-state index >= 15 is 4.39 Å². The molecule has 1 N–H and O–H groups in total. The summed E-state index contributed by atoms with van der Waals surface area (Å²) in [6.45, 7) is 1.67. The van der Waals surface area contributed by atoms with Crippen LogP contribution in [0.2, 0.25) is 0 Å². The first-order valence-electron chi connectivity index (χ1n) is 10.8. The van der Waals surface area contributed by atoms with Gasteiger partial charge in [-0.1, -0.05) is 19.3 Å². The number of carboxylic acids is 1. The molecule has 0 radical (unpaired) electrons.